The number of nitrogens with zero attached hydrogens (tertiary/aromatic N) is 1. The lowest BCUT2D eigenvalue weighted by Gasteiger charge is -2.30. The molecule has 0 bridgehead atoms. The van der Waals surface area contributed by atoms with Gasteiger partial charge < -0.3 is 5.11 Å². The fraction of sp³-hybridized carbons (Fsp3) is 0.909. The number of hydrogen-bond donors (Lipinski definition) is 2. The van der Waals surface area contributed by atoms with Gasteiger partial charge in [-0.15, -0.1) is 0 Å². The third-order valence-electron chi connectivity index (χ3n) is 3.18. The smallest absolute Gasteiger partial charge is 0.307 e. The zero-order valence-electron chi connectivity index (χ0n) is 11.3. The Morgan fingerprint density at radius 3 is 2.84 bits per heavy atom. The van der Waals surface area contributed by atoms with Crippen molar-refractivity contribution in [2.45, 2.75) is 32.2 Å². The average molecular weight is 310 g/mol. The van der Waals surface area contributed by atoms with E-state index in [2.05, 4.69) is 4.72 Å². The molecule has 0 aromatic heterocycles. The Kier molecular flexibility index (Phi) is 6.58. The first-order chi connectivity index (χ1) is 8.86. The van der Waals surface area contributed by atoms with Crippen LogP contribution in [0.5, 0.6) is 0 Å². The maximum absolute atomic E-state index is 12.1. The van der Waals surface area contributed by atoms with Gasteiger partial charge in [-0.2, -0.15) is 29.2 Å². The Bertz CT molecular complexity index is 399. The fourth-order valence-corrected chi connectivity index (χ4v) is 4.15. The fourth-order valence-electron chi connectivity index (χ4n) is 2.04. The van der Waals surface area contributed by atoms with Gasteiger partial charge in [-0.1, -0.05) is 0 Å². The molecule has 112 valence electrons. The first-order valence-corrected chi connectivity index (χ1v) is 9.19. The highest BCUT2D eigenvalue weighted by Gasteiger charge is 2.32. The Labute approximate surface area is 119 Å². The number of piperidine rings is 1. The maximum atomic E-state index is 12.1. The van der Waals surface area contributed by atoms with Crippen LogP contribution in [0.15, 0.2) is 0 Å². The van der Waals surface area contributed by atoms with E-state index in [0.29, 0.717) is 19.4 Å². The number of nitrogens with one attached hydrogen (secondary N) is 1. The Morgan fingerprint density at radius 2 is 2.26 bits per heavy atom. The molecule has 2 unspecified atom stereocenters. The molecule has 1 fully saturated rings. The second kappa shape index (κ2) is 7.47. The van der Waals surface area contributed by atoms with Crippen LogP contribution in [0.3, 0.4) is 0 Å². The minimum absolute atomic E-state index is 0.0694. The summed E-state index contributed by atoms with van der Waals surface area (Å²) in [6.45, 7) is 2.29. The minimum atomic E-state index is -3.57. The van der Waals surface area contributed by atoms with Crippen molar-refractivity contribution in [3.63, 3.8) is 0 Å². The van der Waals surface area contributed by atoms with Crippen molar-refractivity contribution in [3.8, 4) is 0 Å². The Morgan fingerprint density at radius 1 is 1.58 bits per heavy atom. The van der Waals surface area contributed by atoms with Crippen molar-refractivity contribution in [1.82, 2.24) is 9.03 Å². The lowest BCUT2D eigenvalue weighted by molar-refractivity contribution is -0.142. The molecule has 0 aromatic rings. The average Bonchev–Trinajstić information content (AvgIpc) is 2.36. The van der Waals surface area contributed by atoms with E-state index < -0.39 is 22.1 Å². The zero-order valence-corrected chi connectivity index (χ0v) is 13.0. The quantitative estimate of drug-likeness (QED) is 0.725. The van der Waals surface area contributed by atoms with Gasteiger partial charge in [0.05, 0.1) is 5.92 Å². The molecule has 0 spiro atoms. The molecule has 0 aliphatic carbocycles. The standard InChI is InChI=1S/C11H22N2O4S2/c1-9(5-7-18-2)12-19(16,17)13-6-3-4-10(8-13)11(14)15/h9-10,12H,3-8H2,1-2H3,(H,14,15). The van der Waals surface area contributed by atoms with Crippen molar-refractivity contribution in [2.24, 2.45) is 5.92 Å². The SMILES string of the molecule is CSCCC(C)NS(=O)(=O)N1CCCC(C(=O)O)C1. The van der Waals surface area contributed by atoms with Gasteiger partial charge in [-0.25, -0.2) is 0 Å². The summed E-state index contributed by atoms with van der Waals surface area (Å²) in [6, 6.07) is -0.136. The van der Waals surface area contributed by atoms with Gasteiger partial charge in [-0.3, -0.25) is 4.79 Å². The Balaban J connectivity index is 2.58. The van der Waals surface area contributed by atoms with Crippen LogP contribution in [0.25, 0.3) is 0 Å². The number of aliphatic carboxylic acids is 1. The molecule has 1 aliphatic rings. The summed E-state index contributed by atoms with van der Waals surface area (Å²) in [5.41, 5.74) is 0. The molecular formula is C11H22N2O4S2. The van der Waals surface area contributed by atoms with Gasteiger partial charge in [0.25, 0.3) is 10.2 Å². The number of carboxylic acids is 1. The number of thioether (sulfide) groups is 1. The predicted molar refractivity (Wildman–Crippen MR) is 76.4 cm³/mol. The highest BCUT2D eigenvalue weighted by Crippen LogP contribution is 2.19. The van der Waals surface area contributed by atoms with Crippen LogP contribution in [0.2, 0.25) is 0 Å². The van der Waals surface area contributed by atoms with Crippen molar-refractivity contribution in [2.75, 3.05) is 25.1 Å². The number of rotatable bonds is 7. The molecule has 1 rings (SSSR count). The summed E-state index contributed by atoms with van der Waals surface area (Å²) in [5.74, 6) is -0.622. The predicted octanol–water partition coefficient (Wildman–Crippen LogP) is 0.759. The first-order valence-electron chi connectivity index (χ1n) is 6.36. The summed E-state index contributed by atoms with van der Waals surface area (Å²) in [7, 11) is -3.57. The monoisotopic (exact) mass is 310 g/mol. The summed E-state index contributed by atoms with van der Waals surface area (Å²) in [5, 5.41) is 8.98. The molecule has 2 N–H and O–H groups in total. The van der Waals surface area contributed by atoms with Gasteiger partial charge in [0.15, 0.2) is 0 Å². The largest absolute Gasteiger partial charge is 0.481 e. The summed E-state index contributed by atoms with van der Waals surface area (Å²) in [4.78, 5) is 10.9. The van der Waals surface area contributed by atoms with E-state index in [1.807, 2.05) is 13.2 Å². The van der Waals surface area contributed by atoms with Crippen LogP contribution in [-0.4, -0.2) is 54.9 Å². The van der Waals surface area contributed by atoms with Crippen LogP contribution in [0.1, 0.15) is 26.2 Å². The highest BCUT2D eigenvalue weighted by molar-refractivity contribution is 7.98. The van der Waals surface area contributed by atoms with Gasteiger partial charge in [0.1, 0.15) is 0 Å². The van der Waals surface area contributed by atoms with E-state index in [-0.39, 0.29) is 12.6 Å². The molecule has 1 saturated heterocycles. The molecule has 6 nitrogen and oxygen atoms in total. The maximum Gasteiger partial charge on any atom is 0.307 e. The van der Waals surface area contributed by atoms with E-state index in [0.717, 1.165) is 12.2 Å². The molecule has 1 aliphatic heterocycles. The van der Waals surface area contributed by atoms with E-state index in [1.165, 1.54) is 4.31 Å². The molecule has 0 saturated carbocycles. The molecule has 2 atom stereocenters. The van der Waals surface area contributed by atoms with Crippen molar-refractivity contribution in [3.05, 3.63) is 0 Å². The molecule has 8 heteroatoms. The van der Waals surface area contributed by atoms with Crippen LogP contribution in [0.4, 0.5) is 0 Å². The minimum Gasteiger partial charge on any atom is -0.481 e. The van der Waals surface area contributed by atoms with Crippen LogP contribution in [-0.2, 0) is 15.0 Å². The lowest BCUT2D eigenvalue weighted by atomic mass is 10.0. The number of hydrogen-bond acceptors (Lipinski definition) is 4. The summed E-state index contributed by atoms with van der Waals surface area (Å²) < 4.78 is 28.2. The first kappa shape index (κ1) is 16.7. The van der Waals surface area contributed by atoms with Crippen LogP contribution >= 0.6 is 11.8 Å². The van der Waals surface area contributed by atoms with E-state index >= 15 is 0 Å². The van der Waals surface area contributed by atoms with Crippen molar-refractivity contribution in [1.29, 1.82) is 0 Å². The van der Waals surface area contributed by atoms with E-state index in [4.69, 9.17) is 5.11 Å². The molecule has 0 radical (unpaired) electrons. The van der Waals surface area contributed by atoms with Crippen LogP contribution < -0.4 is 4.72 Å². The molecule has 1 heterocycles. The summed E-state index contributed by atoms with van der Waals surface area (Å²) in [6.07, 6.45) is 3.88. The molecule has 0 aromatic carbocycles. The summed E-state index contributed by atoms with van der Waals surface area (Å²) >= 11 is 1.67. The Hall–Kier alpha value is -0.310. The number of carbonyl (C=O) groups is 1. The van der Waals surface area contributed by atoms with Crippen LogP contribution in [0, 0.1) is 5.92 Å². The lowest BCUT2D eigenvalue weighted by Crippen LogP contribution is -2.49. The van der Waals surface area contributed by atoms with Gasteiger partial charge in [0.2, 0.25) is 0 Å². The van der Waals surface area contributed by atoms with Gasteiger partial charge >= 0.3 is 5.97 Å². The topological polar surface area (TPSA) is 86.7 Å². The van der Waals surface area contributed by atoms with Crippen molar-refractivity contribution >= 4 is 27.9 Å². The third kappa shape index (κ3) is 5.29. The number of carboxylic acid groups (broad SMARTS) is 1. The van der Waals surface area contributed by atoms with E-state index in [1.54, 1.807) is 11.8 Å². The second-order valence-corrected chi connectivity index (χ2v) is 7.53. The van der Waals surface area contributed by atoms with Crippen molar-refractivity contribution < 1.29 is 18.3 Å². The van der Waals surface area contributed by atoms with E-state index in [9.17, 15) is 13.2 Å². The van der Waals surface area contributed by atoms with Gasteiger partial charge in [0, 0.05) is 19.1 Å². The highest BCUT2D eigenvalue weighted by atomic mass is 32.2. The van der Waals surface area contributed by atoms with Gasteiger partial charge in [-0.05, 0) is 38.2 Å². The molecule has 0 amide bonds. The molecule has 19 heavy (non-hydrogen) atoms. The normalized spacial score (nSPS) is 23.2. The molecular weight excluding hydrogens is 288 g/mol. The second-order valence-electron chi connectivity index (χ2n) is 4.84. The third-order valence-corrected chi connectivity index (χ3v) is 5.53. The zero-order chi connectivity index (χ0) is 14.5.